The van der Waals surface area contributed by atoms with Crippen molar-refractivity contribution in [2.75, 3.05) is 0 Å². The van der Waals surface area contributed by atoms with E-state index in [9.17, 15) is 4.79 Å². The molecule has 0 radical (unpaired) electrons. The molecule has 0 amide bonds. The topological polar surface area (TPSA) is 37.3 Å². The number of hydrogen-bond donors (Lipinski definition) is 1. The lowest BCUT2D eigenvalue weighted by Gasteiger charge is -2.11. The maximum Gasteiger partial charge on any atom is 0.335 e. The van der Waals surface area contributed by atoms with Crippen LogP contribution in [0.5, 0.6) is 0 Å². The Kier molecular flexibility index (Phi) is 2.71. The van der Waals surface area contributed by atoms with Crippen LogP contribution in [0.4, 0.5) is 0 Å². The molecule has 0 atom stereocenters. The van der Waals surface area contributed by atoms with Gasteiger partial charge in [-0.05, 0) is 30.0 Å². The molecule has 0 fully saturated rings. The molecule has 2 heteroatoms. The van der Waals surface area contributed by atoms with Gasteiger partial charge in [-0.3, -0.25) is 0 Å². The molecule has 1 aromatic rings. The van der Waals surface area contributed by atoms with Crippen LogP contribution in [0.25, 0.3) is 0 Å². The Bertz CT molecular complexity index is 327. The predicted octanol–water partition coefficient (Wildman–Crippen LogP) is 2.82. The molecule has 1 N–H and O–H groups in total. The molecule has 13 heavy (non-hydrogen) atoms. The van der Waals surface area contributed by atoms with Crippen molar-refractivity contribution in [1.29, 1.82) is 0 Å². The van der Waals surface area contributed by atoms with Crippen LogP contribution in [-0.4, -0.2) is 11.1 Å². The van der Waals surface area contributed by atoms with Gasteiger partial charge in [0.05, 0.1) is 5.56 Å². The Morgan fingerprint density at radius 1 is 1.38 bits per heavy atom. The number of hydrogen-bond acceptors (Lipinski definition) is 1. The smallest absolute Gasteiger partial charge is 0.335 e. The molecule has 0 aromatic heterocycles. The van der Waals surface area contributed by atoms with Gasteiger partial charge in [0, 0.05) is 0 Å². The minimum atomic E-state index is -0.847. The zero-order chi connectivity index (χ0) is 10.0. The van der Waals surface area contributed by atoms with Crippen LogP contribution in [0.2, 0.25) is 0 Å². The normalized spacial score (nSPS) is 10.5. The first-order valence-corrected chi connectivity index (χ1v) is 4.37. The van der Waals surface area contributed by atoms with Gasteiger partial charge in [-0.25, -0.2) is 4.79 Å². The third-order valence-electron chi connectivity index (χ3n) is 2.23. The highest BCUT2D eigenvalue weighted by molar-refractivity contribution is 5.89. The van der Waals surface area contributed by atoms with Crippen molar-refractivity contribution in [2.24, 2.45) is 0 Å². The van der Waals surface area contributed by atoms with Gasteiger partial charge in [-0.15, -0.1) is 0 Å². The van der Waals surface area contributed by atoms with E-state index in [4.69, 9.17) is 5.11 Å². The van der Waals surface area contributed by atoms with E-state index in [1.54, 1.807) is 12.1 Å². The lowest BCUT2D eigenvalue weighted by molar-refractivity contribution is 0.0696. The quantitative estimate of drug-likeness (QED) is 0.756. The summed E-state index contributed by atoms with van der Waals surface area (Å²) in [7, 11) is 0. The number of aromatic carboxylic acids is 1. The Balaban J connectivity index is 3.26. The van der Waals surface area contributed by atoms with Gasteiger partial charge >= 0.3 is 5.97 Å². The predicted molar refractivity (Wildman–Crippen MR) is 52.2 cm³/mol. The van der Waals surface area contributed by atoms with Crippen molar-refractivity contribution in [3.63, 3.8) is 0 Å². The van der Waals surface area contributed by atoms with E-state index < -0.39 is 5.97 Å². The lowest BCUT2D eigenvalue weighted by atomic mass is 9.94. The van der Waals surface area contributed by atoms with Gasteiger partial charge in [-0.1, -0.05) is 26.0 Å². The van der Waals surface area contributed by atoms with Gasteiger partial charge in [-0.2, -0.15) is 0 Å². The summed E-state index contributed by atoms with van der Waals surface area (Å²) in [6.45, 7) is 5.99. The van der Waals surface area contributed by atoms with Gasteiger partial charge < -0.3 is 5.11 Å². The average Bonchev–Trinajstić information content (AvgIpc) is 2.03. The zero-order valence-corrected chi connectivity index (χ0v) is 8.16. The molecule has 0 bridgehead atoms. The van der Waals surface area contributed by atoms with E-state index in [1.165, 1.54) is 0 Å². The highest BCUT2D eigenvalue weighted by atomic mass is 16.4. The van der Waals surface area contributed by atoms with Crippen LogP contribution in [0.1, 0.15) is 41.3 Å². The van der Waals surface area contributed by atoms with Crippen molar-refractivity contribution in [1.82, 2.24) is 0 Å². The minimum Gasteiger partial charge on any atom is -0.478 e. The summed E-state index contributed by atoms with van der Waals surface area (Å²) in [6.07, 6.45) is 0. The van der Waals surface area contributed by atoms with Gasteiger partial charge in [0.1, 0.15) is 0 Å². The molecule has 1 aromatic carbocycles. The molecule has 0 spiro atoms. The van der Waals surface area contributed by atoms with Crippen LogP contribution in [0.3, 0.4) is 0 Å². The summed E-state index contributed by atoms with van der Waals surface area (Å²) in [6, 6.07) is 5.42. The third kappa shape index (κ3) is 1.89. The zero-order valence-electron chi connectivity index (χ0n) is 8.16. The van der Waals surface area contributed by atoms with E-state index in [0.29, 0.717) is 11.5 Å². The Morgan fingerprint density at radius 2 is 2.00 bits per heavy atom. The summed E-state index contributed by atoms with van der Waals surface area (Å²) in [4.78, 5) is 10.8. The highest BCUT2D eigenvalue weighted by Gasteiger charge is 2.11. The fourth-order valence-corrected chi connectivity index (χ4v) is 1.51. The van der Waals surface area contributed by atoms with E-state index in [2.05, 4.69) is 13.8 Å². The molecule has 2 nitrogen and oxygen atoms in total. The summed E-state index contributed by atoms with van der Waals surface area (Å²) >= 11 is 0. The van der Waals surface area contributed by atoms with Crippen LogP contribution in [0, 0.1) is 6.92 Å². The van der Waals surface area contributed by atoms with Crippen molar-refractivity contribution in [2.45, 2.75) is 26.7 Å². The molecule has 0 aliphatic heterocycles. The van der Waals surface area contributed by atoms with Crippen LogP contribution in [0.15, 0.2) is 18.2 Å². The molecule has 0 heterocycles. The molecular formula is C11H14O2. The number of carbonyl (C=O) groups is 1. The van der Waals surface area contributed by atoms with Crippen LogP contribution in [-0.2, 0) is 0 Å². The highest BCUT2D eigenvalue weighted by Crippen LogP contribution is 2.21. The van der Waals surface area contributed by atoms with Gasteiger partial charge in [0.25, 0.3) is 0 Å². The second-order valence-electron chi connectivity index (χ2n) is 3.48. The van der Waals surface area contributed by atoms with Crippen molar-refractivity contribution >= 4 is 5.97 Å². The Hall–Kier alpha value is -1.31. The molecule has 0 saturated carbocycles. The number of carboxylic acids is 1. The number of rotatable bonds is 2. The largest absolute Gasteiger partial charge is 0.478 e. The monoisotopic (exact) mass is 178 g/mol. The van der Waals surface area contributed by atoms with Crippen molar-refractivity contribution in [3.05, 3.63) is 34.9 Å². The van der Waals surface area contributed by atoms with E-state index in [1.807, 2.05) is 13.0 Å². The molecule has 70 valence electrons. The molecular weight excluding hydrogens is 164 g/mol. The first-order chi connectivity index (χ1) is 6.04. The molecule has 0 saturated heterocycles. The molecule has 1 rings (SSSR count). The van der Waals surface area contributed by atoms with E-state index in [0.717, 1.165) is 11.1 Å². The minimum absolute atomic E-state index is 0.374. The van der Waals surface area contributed by atoms with Gasteiger partial charge in [0.2, 0.25) is 0 Å². The molecule has 0 aliphatic rings. The fraction of sp³-hybridized carbons (Fsp3) is 0.364. The van der Waals surface area contributed by atoms with E-state index >= 15 is 0 Å². The molecule has 0 aliphatic carbocycles. The Labute approximate surface area is 78.2 Å². The first kappa shape index (κ1) is 9.78. The standard InChI is InChI=1S/C11H14O2/c1-7(2)9-5-4-6-10(8(9)3)11(12)13/h4-7H,1-3H3,(H,12,13). The second-order valence-corrected chi connectivity index (χ2v) is 3.48. The second kappa shape index (κ2) is 3.60. The van der Waals surface area contributed by atoms with Gasteiger partial charge in [0.15, 0.2) is 0 Å². The lowest BCUT2D eigenvalue weighted by Crippen LogP contribution is -2.03. The third-order valence-corrected chi connectivity index (χ3v) is 2.23. The fourth-order valence-electron chi connectivity index (χ4n) is 1.51. The number of carboxylic acid groups (broad SMARTS) is 1. The van der Waals surface area contributed by atoms with Crippen LogP contribution < -0.4 is 0 Å². The first-order valence-electron chi connectivity index (χ1n) is 4.37. The average molecular weight is 178 g/mol. The number of benzene rings is 1. The van der Waals surface area contributed by atoms with Crippen LogP contribution >= 0.6 is 0 Å². The van der Waals surface area contributed by atoms with Crippen molar-refractivity contribution < 1.29 is 9.90 Å². The summed E-state index contributed by atoms with van der Waals surface area (Å²) in [5, 5.41) is 8.87. The summed E-state index contributed by atoms with van der Waals surface area (Å²) < 4.78 is 0. The SMILES string of the molecule is Cc1c(C(=O)O)cccc1C(C)C. The molecule has 0 unspecified atom stereocenters. The van der Waals surface area contributed by atoms with Crippen molar-refractivity contribution in [3.8, 4) is 0 Å². The summed E-state index contributed by atoms with van der Waals surface area (Å²) in [5.41, 5.74) is 2.40. The van der Waals surface area contributed by atoms with E-state index in [-0.39, 0.29) is 0 Å². The summed E-state index contributed by atoms with van der Waals surface area (Å²) in [5.74, 6) is -0.473. The Morgan fingerprint density at radius 3 is 2.46 bits per heavy atom. The maximum atomic E-state index is 10.8. The maximum absolute atomic E-state index is 10.8.